The average Bonchev–Trinajstić information content (AvgIpc) is 3.04. The number of anilines is 4. The quantitative estimate of drug-likeness (QED) is 0.155. The number of aliphatic imine (C=N–C) groups is 2. The van der Waals surface area contributed by atoms with Gasteiger partial charge in [-0.05, 0) is 112 Å². The minimum absolute atomic E-state index is 0.238. The fourth-order valence-electron chi connectivity index (χ4n) is 5.90. The summed E-state index contributed by atoms with van der Waals surface area (Å²) >= 11 is 0. The van der Waals surface area contributed by atoms with Crippen molar-refractivity contribution in [1.82, 2.24) is 0 Å². The van der Waals surface area contributed by atoms with Gasteiger partial charge < -0.3 is 21.3 Å². The molecule has 8 nitrogen and oxygen atoms in total. The van der Waals surface area contributed by atoms with Gasteiger partial charge in [-0.2, -0.15) is 0 Å². The zero-order chi connectivity index (χ0) is 30.7. The van der Waals surface area contributed by atoms with Crippen LogP contribution < -0.4 is 21.3 Å². The predicted molar refractivity (Wildman–Crippen MR) is 182 cm³/mol. The molecule has 230 valence electrons. The van der Waals surface area contributed by atoms with Crippen molar-refractivity contribution in [3.8, 4) is 0 Å². The normalized spacial score (nSPS) is 16.7. The van der Waals surface area contributed by atoms with E-state index >= 15 is 0 Å². The van der Waals surface area contributed by atoms with Crippen LogP contribution in [0.15, 0.2) is 82.8 Å². The molecule has 2 aliphatic carbocycles. The Hall–Kier alpha value is -4.46. The number of carbonyl (C=O) groups is 2. The maximum absolute atomic E-state index is 12.8. The number of rotatable bonds is 8. The molecule has 2 saturated carbocycles. The third-order valence-corrected chi connectivity index (χ3v) is 8.25. The topological polar surface area (TPSA) is 107 Å². The van der Waals surface area contributed by atoms with Gasteiger partial charge in [0.15, 0.2) is 0 Å². The second kappa shape index (κ2) is 15.3. The first-order chi connectivity index (χ1) is 21.4. The number of carbonyl (C=O) groups excluding carboxylic acids is 2. The van der Waals surface area contributed by atoms with Crippen LogP contribution in [0.1, 0.15) is 98.8 Å². The highest BCUT2D eigenvalue weighted by Crippen LogP contribution is 2.22. The number of nitrogens with zero attached hydrogens (tertiary/aromatic N) is 2. The third kappa shape index (κ3) is 9.27. The molecule has 0 radical (unpaired) electrons. The van der Waals surface area contributed by atoms with E-state index in [-0.39, 0.29) is 11.8 Å². The highest BCUT2D eigenvalue weighted by atomic mass is 16.2. The number of hydrogen-bond donors (Lipinski definition) is 4. The summed E-state index contributed by atoms with van der Waals surface area (Å²) in [6.45, 7) is 4.00. The average molecular weight is 593 g/mol. The Morgan fingerprint density at radius 1 is 0.477 bits per heavy atom. The fourth-order valence-corrected chi connectivity index (χ4v) is 5.90. The van der Waals surface area contributed by atoms with E-state index in [1.54, 1.807) is 24.3 Å². The minimum Gasteiger partial charge on any atom is -0.344 e. The Kier molecular flexibility index (Phi) is 10.8. The van der Waals surface area contributed by atoms with Crippen LogP contribution in [0.3, 0.4) is 0 Å². The van der Waals surface area contributed by atoms with Gasteiger partial charge in [0.25, 0.3) is 11.8 Å². The van der Waals surface area contributed by atoms with Gasteiger partial charge in [-0.25, -0.2) is 0 Å². The lowest BCUT2D eigenvalue weighted by atomic mass is 9.96. The van der Waals surface area contributed by atoms with Crippen molar-refractivity contribution < 1.29 is 9.59 Å². The molecule has 2 aliphatic rings. The molecule has 0 heterocycles. The van der Waals surface area contributed by atoms with Gasteiger partial charge in [0, 0.05) is 33.9 Å². The lowest BCUT2D eigenvalue weighted by molar-refractivity contribution is 0.101. The first kappa shape index (κ1) is 31.0. The smallest absolute Gasteiger partial charge is 0.255 e. The van der Waals surface area contributed by atoms with Crippen LogP contribution >= 0.6 is 0 Å². The van der Waals surface area contributed by atoms with Crippen molar-refractivity contribution in [1.29, 1.82) is 0 Å². The van der Waals surface area contributed by atoms with E-state index in [0.29, 0.717) is 34.6 Å². The van der Waals surface area contributed by atoms with E-state index < -0.39 is 0 Å². The minimum atomic E-state index is -0.238. The summed E-state index contributed by atoms with van der Waals surface area (Å²) in [6, 6.07) is 22.6. The summed E-state index contributed by atoms with van der Waals surface area (Å²) in [5, 5.41) is 12.5. The molecule has 2 amide bonds. The summed E-state index contributed by atoms with van der Waals surface area (Å²) in [7, 11) is 0. The Bertz CT molecular complexity index is 1340. The molecule has 0 aromatic heterocycles. The summed E-state index contributed by atoms with van der Waals surface area (Å²) in [4.78, 5) is 35.3. The van der Waals surface area contributed by atoms with Crippen LogP contribution in [0.4, 0.5) is 22.7 Å². The fraction of sp³-hybridized carbons (Fsp3) is 0.389. The number of nitrogens with one attached hydrogen (secondary N) is 4. The van der Waals surface area contributed by atoms with E-state index in [9.17, 15) is 9.59 Å². The molecule has 0 saturated heterocycles. The summed E-state index contributed by atoms with van der Waals surface area (Å²) in [6.07, 6.45) is 12.3. The van der Waals surface area contributed by atoms with Crippen LogP contribution in [-0.4, -0.2) is 35.6 Å². The zero-order valence-corrected chi connectivity index (χ0v) is 25.9. The van der Waals surface area contributed by atoms with Crippen molar-refractivity contribution in [2.45, 2.75) is 90.1 Å². The van der Waals surface area contributed by atoms with Crippen LogP contribution in [0.25, 0.3) is 0 Å². The molecule has 3 aromatic rings. The molecule has 0 spiro atoms. The molecule has 44 heavy (non-hydrogen) atoms. The van der Waals surface area contributed by atoms with Crippen LogP contribution in [0.2, 0.25) is 0 Å². The third-order valence-electron chi connectivity index (χ3n) is 8.25. The van der Waals surface area contributed by atoms with E-state index in [1.807, 2.05) is 62.4 Å². The van der Waals surface area contributed by atoms with Crippen LogP contribution in [0, 0.1) is 0 Å². The van der Waals surface area contributed by atoms with Gasteiger partial charge in [-0.15, -0.1) is 0 Å². The maximum Gasteiger partial charge on any atom is 0.255 e. The highest BCUT2D eigenvalue weighted by molar-refractivity contribution is 6.07. The lowest BCUT2D eigenvalue weighted by Crippen LogP contribution is -2.16. The monoisotopic (exact) mass is 592 g/mol. The van der Waals surface area contributed by atoms with Crippen LogP contribution in [-0.2, 0) is 0 Å². The van der Waals surface area contributed by atoms with E-state index in [2.05, 4.69) is 21.3 Å². The molecule has 3 aromatic carbocycles. The molecule has 0 bridgehead atoms. The Balaban J connectivity index is 1.09. The van der Waals surface area contributed by atoms with Gasteiger partial charge in [-0.3, -0.25) is 19.6 Å². The maximum atomic E-state index is 12.8. The van der Waals surface area contributed by atoms with E-state index in [1.165, 1.54) is 38.5 Å². The zero-order valence-electron chi connectivity index (χ0n) is 25.9. The summed E-state index contributed by atoms with van der Waals surface area (Å²) < 4.78 is 0. The second-order valence-electron chi connectivity index (χ2n) is 11.9. The van der Waals surface area contributed by atoms with Crippen molar-refractivity contribution in [3.05, 3.63) is 83.9 Å². The number of amidine groups is 2. The van der Waals surface area contributed by atoms with Gasteiger partial charge in [0.05, 0.1) is 23.8 Å². The molecule has 4 N–H and O–H groups in total. The van der Waals surface area contributed by atoms with Crippen molar-refractivity contribution in [2.24, 2.45) is 9.98 Å². The number of benzene rings is 3. The Labute approximate surface area is 260 Å². The molecule has 0 aliphatic heterocycles. The standard InChI is InChI=1S/C36H44N6O2/c1-25(37-29-9-5-3-6-10-29)39-31-17-21-33(22-18-31)41-35(43)27-13-15-28(16-14-27)36(44)42-34-23-19-32(20-24-34)40-26(2)38-30-11-7-4-8-12-30/h13-24,29-30H,3-12H2,1-2H3,(H,37,39)(H,38,40)(H,41,43)(H,42,44). The first-order valence-corrected chi connectivity index (χ1v) is 16.0. The molecule has 2 fully saturated rings. The van der Waals surface area contributed by atoms with E-state index in [0.717, 1.165) is 48.7 Å². The first-order valence-electron chi connectivity index (χ1n) is 16.0. The molecule has 0 unspecified atom stereocenters. The summed E-state index contributed by atoms with van der Waals surface area (Å²) in [5.74, 6) is 1.35. The molecular formula is C36H44N6O2. The van der Waals surface area contributed by atoms with Crippen molar-refractivity contribution in [2.75, 3.05) is 21.3 Å². The molecule has 0 atom stereocenters. The number of amides is 2. The van der Waals surface area contributed by atoms with Gasteiger partial charge in [-0.1, -0.05) is 38.5 Å². The van der Waals surface area contributed by atoms with Crippen LogP contribution in [0.5, 0.6) is 0 Å². The van der Waals surface area contributed by atoms with Gasteiger partial charge in [0.2, 0.25) is 0 Å². The molecule has 8 heteroatoms. The number of hydrogen-bond acceptors (Lipinski definition) is 4. The Morgan fingerprint density at radius 3 is 1.09 bits per heavy atom. The largest absolute Gasteiger partial charge is 0.344 e. The Morgan fingerprint density at radius 2 is 0.773 bits per heavy atom. The van der Waals surface area contributed by atoms with Crippen molar-refractivity contribution >= 4 is 46.2 Å². The van der Waals surface area contributed by atoms with Gasteiger partial charge in [0.1, 0.15) is 0 Å². The highest BCUT2D eigenvalue weighted by Gasteiger charge is 2.14. The second-order valence-corrected chi connectivity index (χ2v) is 11.9. The lowest BCUT2D eigenvalue weighted by Gasteiger charge is -2.19. The predicted octanol–water partition coefficient (Wildman–Crippen LogP) is 8.52. The van der Waals surface area contributed by atoms with E-state index in [4.69, 9.17) is 9.98 Å². The molecule has 5 rings (SSSR count). The molecular weight excluding hydrogens is 548 g/mol. The summed E-state index contributed by atoms with van der Waals surface area (Å²) in [5.41, 5.74) is 4.19. The van der Waals surface area contributed by atoms with Crippen molar-refractivity contribution in [3.63, 3.8) is 0 Å². The SMILES string of the molecule is CC(=NC1CCCCC1)Nc1ccc(NC(=O)c2ccc(C(=O)Nc3ccc(NC(C)=NC4CCCCC4)cc3)cc2)cc1. The van der Waals surface area contributed by atoms with Gasteiger partial charge >= 0.3 is 0 Å².